The number of para-hydroxylation sites is 1. The molecule has 1 N–H and O–H groups in total. The third-order valence-electron chi connectivity index (χ3n) is 4.91. The quantitative estimate of drug-likeness (QED) is 0.501. The Bertz CT molecular complexity index is 1180. The summed E-state index contributed by atoms with van der Waals surface area (Å²) in [6, 6.07) is 21.3. The molecule has 0 aliphatic carbocycles. The van der Waals surface area contributed by atoms with Crippen molar-refractivity contribution in [1.82, 2.24) is 15.0 Å². The van der Waals surface area contributed by atoms with Gasteiger partial charge in [0.15, 0.2) is 6.61 Å². The molecule has 152 valence electrons. The fourth-order valence-corrected chi connectivity index (χ4v) is 3.16. The topological polar surface area (TPSA) is 69.0 Å². The molecular formula is C24H24N4O2. The number of carbonyl (C=O) groups is 1. The van der Waals surface area contributed by atoms with Gasteiger partial charge in [-0.1, -0.05) is 44.2 Å². The van der Waals surface area contributed by atoms with Crippen LogP contribution in [0.1, 0.15) is 30.9 Å². The molecule has 4 aromatic rings. The molecule has 0 saturated heterocycles. The van der Waals surface area contributed by atoms with E-state index in [1.807, 2.05) is 61.5 Å². The fraction of sp³-hybridized carbons (Fsp3) is 0.208. The molecule has 30 heavy (non-hydrogen) atoms. The molecule has 0 aliphatic rings. The van der Waals surface area contributed by atoms with Crippen molar-refractivity contribution in [3.8, 4) is 11.4 Å². The highest BCUT2D eigenvalue weighted by atomic mass is 16.5. The first kappa shape index (κ1) is 19.6. The van der Waals surface area contributed by atoms with Crippen molar-refractivity contribution in [3.05, 3.63) is 77.9 Å². The number of fused-ring (bicyclic) bond motifs is 1. The first-order chi connectivity index (χ1) is 14.5. The Balaban J connectivity index is 1.45. The summed E-state index contributed by atoms with van der Waals surface area (Å²) < 4.78 is 5.60. The van der Waals surface area contributed by atoms with Gasteiger partial charge in [0.1, 0.15) is 16.8 Å². The van der Waals surface area contributed by atoms with Gasteiger partial charge in [-0.15, -0.1) is 10.2 Å². The molecule has 1 aromatic heterocycles. The highest BCUT2D eigenvalue weighted by molar-refractivity contribution is 5.93. The summed E-state index contributed by atoms with van der Waals surface area (Å²) >= 11 is 0. The normalized spacial score (nSPS) is 11.1. The first-order valence-corrected chi connectivity index (χ1v) is 9.95. The molecule has 0 radical (unpaired) electrons. The Morgan fingerprint density at radius 1 is 1.00 bits per heavy atom. The van der Waals surface area contributed by atoms with Gasteiger partial charge in [-0.05, 0) is 60.4 Å². The van der Waals surface area contributed by atoms with Crippen LogP contribution in [0, 0.1) is 6.92 Å². The molecule has 0 saturated carbocycles. The maximum absolute atomic E-state index is 12.3. The van der Waals surface area contributed by atoms with Crippen LogP contribution >= 0.6 is 0 Å². The second-order valence-electron chi connectivity index (χ2n) is 7.54. The summed E-state index contributed by atoms with van der Waals surface area (Å²) in [5.74, 6) is 0.952. The van der Waals surface area contributed by atoms with Gasteiger partial charge >= 0.3 is 0 Å². The van der Waals surface area contributed by atoms with E-state index >= 15 is 0 Å². The van der Waals surface area contributed by atoms with Gasteiger partial charge in [-0.3, -0.25) is 4.79 Å². The highest BCUT2D eigenvalue weighted by Crippen LogP contribution is 2.20. The third-order valence-corrected chi connectivity index (χ3v) is 4.91. The van der Waals surface area contributed by atoms with Crippen LogP contribution in [0.3, 0.4) is 0 Å². The average molecular weight is 400 g/mol. The Hall–Kier alpha value is -3.67. The van der Waals surface area contributed by atoms with Crippen LogP contribution in [0.4, 0.5) is 5.69 Å². The predicted molar refractivity (Wildman–Crippen MR) is 118 cm³/mol. The van der Waals surface area contributed by atoms with Gasteiger partial charge in [0.25, 0.3) is 5.91 Å². The summed E-state index contributed by atoms with van der Waals surface area (Å²) in [7, 11) is 0. The molecule has 3 aromatic carbocycles. The van der Waals surface area contributed by atoms with E-state index in [9.17, 15) is 4.79 Å². The maximum Gasteiger partial charge on any atom is 0.262 e. The van der Waals surface area contributed by atoms with Crippen LogP contribution in [0.2, 0.25) is 0 Å². The van der Waals surface area contributed by atoms with Crippen molar-refractivity contribution in [2.75, 3.05) is 11.9 Å². The summed E-state index contributed by atoms with van der Waals surface area (Å²) in [5, 5.41) is 11.9. The first-order valence-electron chi connectivity index (χ1n) is 9.95. The molecule has 1 heterocycles. The van der Waals surface area contributed by atoms with Crippen LogP contribution in [-0.2, 0) is 4.79 Å². The van der Waals surface area contributed by atoms with Crippen molar-refractivity contribution >= 4 is 22.6 Å². The SMILES string of the molecule is Cc1ccccc1OCC(=O)Nc1ccc2nn(-c3ccc(C(C)C)cc3)nc2c1. The lowest BCUT2D eigenvalue weighted by atomic mass is 10.0. The average Bonchev–Trinajstić information content (AvgIpc) is 3.16. The van der Waals surface area contributed by atoms with Crippen LogP contribution in [0.5, 0.6) is 5.75 Å². The number of aromatic nitrogens is 3. The van der Waals surface area contributed by atoms with Gasteiger partial charge in [-0.25, -0.2) is 0 Å². The van der Waals surface area contributed by atoms with E-state index < -0.39 is 0 Å². The zero-order valence-corrected chi connectivity index (χ0v) is 17.3. The number of rotatable bonds is 6. The smallest absolute Gasteiger partial charge is 0.262 e. The lowest BCUT2D eigenvalue weighted by Crippen LogP contribution is -2.20. The lowest BCUT2D eigenvalue weighted by Gasteiger charge is -2.09. The number of carbonyl (C=O) groups excluding carboxylic acids is 1. The Kier molecular flexibility index (Phi) is 5.48. The van der Waals surface area contributed by atoms with E-state index in [0.29, 0.717) is 22.9 Å². The number of aryl methyl sites for hydroxylation is 1. The zero-order valence-electron chi connectivity index (χ0n) is 17.3. The van der Waals surface area contributed by atoms with E-state index in [4.69, 9.17) is 4.74 Å². The lowest BCUT2D eigenvalue weighted by molar-refractivity contribution is -0.118. The number of amides is 1. The van der Waals surface area contributed by atoms with Crippen LogP contribution in [0.15, 0.2) is 66.7 Å². The second-order valence-corrected chi connectivity index (χ2v) is 7.54. The summed E-state index contributed by atoms with van der Waals surface area (Å²) in [4.78, 5) is 13.9. The minimum Gasteiger partial charge on any atom is -0.483 e. The Morgan fingerprint density at radius 3 is 2.47 bits per heavy atom. The molecule has 6 heteroatoms. The largest absolute Gasteiger partial charge is 0.483 e. The number of anilines is 1. The van der Waals surface area contributed by atoms with Crippen molar-refractivity contribution in [1.29, 1.82) is 0 Å². The molecule has 0 aliphatic heterocycles. The number of ether oxygens (including phenoxy) is 1. The summed E-state index contributed by atoms with van der Waals surface area (Å²) in [6.07, 6.45) is 0. The molecule has 0 spiro atoms. The summed E-state index contributed by atoms with van der Waals surface area (Å²) in [5.41, 5.74) is 5.28. The molecule has 1 amide bonds. The fourth-order valence-electron chi connectivity index (χ4n) is 3.16. The van der Waals surface area contributed by atoms with E-state index in [1.165, 1.54) is 5.56 Å². The maximum atomic E-state index is 12.3. The Labute approximate surface area is 175 Å². The molecular weight excluding hydrogens is 376 g/mol. The monoisotopic (exact) mass is 400 g/mol. The van der Waals surface area contributed by atoms with Crippen LogP contribution in [0.25, 0.3) is 16.7 Å². The molecule has 6 nitrogen and oxygen atoms in total. The number of benzene rings is 3. The van der Waals surface area contributed by atoms with Gasteiger partial charge in [0.05, 0.1) is 5.69 Å². The van der Waals surface area contributed by atoms with Crippen LogP contribution < -0.4 is 10.1 Å². The van der Waals surface area contributed by atoms with Crippen molar-refractivity contribution in [3.63, 3.8) is 0 Å². The minimum atomic E-state index is -0.228. The van der Waals surface area contributed by atoms with E-state index in [2.05, 4.69) is 41.5 Å². The summed E-state index contributed by atoms with van der Waals surface area (Å²) in [6.45, 7) is 6.22. The second kappa shape index (κ2) is 8.37. The molecule has 0 unspecified atom stereocenters. The third kappa shape index (κ3) is 4.33. The standard InChI is InChI=1S/C24H24N4O2/c1-16(2)18-8-11-20(12-9-18)28-26-21-13-10-19(14-22(21)27-28)25-24(29)15-30-23-7-5-4-6-17(23)3/h4-14,16H,15H2,1-3H3,(H,25,29). The Morgan fingerprint density at radius 2 is 1.73 bits per heavy atom. The number of hydrogen-bond donors (Lipinski definition) is 1. The van der Waals surface area contributed by atoms with Gasteiger partial charge in [0, 0.05) is 5.69 Å². The van der Waals surface area contributed by atoms with Gasteiger partial charge in [0.2, 0.25) is 0 Å². The van der Waals surface area contributed by atoms with Crippen molar-refractivity contribution in [2.24, 2.45) is 0 Å². The van der Waals surface area contributed by atoms with E-state index in [-0.39, 0.29) is 12.5 Å². The molecule has 0 atom stereocenters. The van der Waals surface area contributed by atoms with Crippen LogP contribution in [-0.4, -0.2) is 27.5 Å². The van der Waals surface area contributed by atoms with Crippen molar-refractivity contribution in [2.45, 2.75) is 26.7 Å². The predicted octanol–water partition coefficient (Wildman–Crippen LogP) is 4.87. The number of hydrogen-bond acceptors (Lipinski definition) is 4. The minimum absolute atomic E-state index is 0.0578. The van der Waals surface area contributed by atoms with E-state index in [1.54, 1.807) is 4.80 Å². The van der Waals surface area contributed by atoms with Gasteiger partial charge in [-0.2, -0.15) is 4.80 Å². The molecule has 0 bridgehead atoms. The highest BCUT2D eigenvalue weighted by Gasteiger charge is 2.09. The molecule has 4 rings (SSSR count). The number of nitrogens with one attached hydrogen (secondary N) is 1. The van der Waals surface area contributed by atoms with Crippen molar-refractivity contribution < 1.29 is 9.53 Å². The van der Waals surface area contributed by atoms with E-state index in [0.717, 1.165) is 16.8 Å². The number of nitrogens with zero attached hydrogens (tertiary/aromatic N) is 3. The zero-order chi connectivity index (χ0) is 21.1. The van der Waals surface area contributed by atoms with Gasteiger partial charge < -0.3 is 10.1 Å². The molecule has 0 fully saturated rings.